The first-order valence-corrected chi connectivity index (χ1v) is 9.55. The highest BCUT2D eigenvalue weighted by atomic mass is 16.5. The first-order valence-electron chi connectivity index (χ1n) is 9.55. The zero-order valence-electron chi connectivity index (χ0n) is 16.2. The van der Waals surface area contributed by atoms with Crippen LogP contribution in [0, 0.1) is 0 Å². The molecular weight excluding hydrogens is 322 g/mol. The van der Waals surface area contributed by atoms with Crippen LogP contribution in [-0.2, 0) is 4.79 Å². The maximum absolute atomic E-state index is 12.3. The fourth-order valence-electron chi connectivity index (χ4n) is 3.84. The maximum Gasteiger partial charge on any atom is 0.222 e. The molecule has 1 aliphatic rings. The SMILES string of the molecule is CCCC(=O)N(C)C1CC1c1cc(OC)ccc1C(C)c1ccccc1. The quantitative estimate of drug-likeness (QED) is 0.705. The molecule has 0 heterocycles. The van der Waals surface area contributed by atoms with E-state index in [1.165, 1.54) is 16.7 Å². The smallest absolute Gasteiger partial charge is 0.222 e. The number of hydrogen-bond acceptors (Lipinski definition) is 2. The molecule has 2 aromatic carbocycles. The van der Waals surface area contributed by atoms with E-state index in [1.54, 1.807) is 7.11 Å². The van der Waals surface area contributed by atoms with Gasteiger partial charge in [-0.3, -0.25) is 4.79 Å². The van der Waals surface area contributed by atoms with E-state index >= 15 is 0 Å². The van der Waals surface area contributed by atoms with Gasteiger partial charge in [0.25, 0.3) is 0 Å². The summed E-state index contributed by atoms with van der Waals surface area (Å²) in [5, 5.41) is 0. The topological polar surface area (TPSA) is 29.5 Å². The van der Waals surface area contributed by atoms with Crippen LogP contribution in [0.25, 0.3) is 0 Å². The van der Waals surface area contributed by atoms with Crippen molar-refractivity contribution >= 4 is 5.91 Å². The Morgan fingerprint density at radius 1 is 1.23 bits per heavy atom. The first kappa shape index (κ1) is 18.5. The molecule has 1 amide bonds. The number of likely N-dealkylation sites (N-methyl/N-ethyl adjacent to an activating group) is 1. The molecule has 0 radical (unpaired) electrons. The lowest BCUT2D eigenvalue weighted by atomic mass is 9.88. The predicted octanol–water partition coefficient (Wildman–Crippen LogP) is 4.96. The Hall–Kier alpha value is -2.29. The Labute approximate surface area is 157 Å². The summed E-state index contributed by atoms with van der Waals surface area (Å²) in [7, 11) is 3.66. The van der Waals surface area contributed by atoms with Gasteiger partial charge in [0.05, 0.1) is 7.11 Å². The maximum atomic E-state index is 12.3. The van der Waals surface area contributed by atoms with Gasteiger partial charge in [0.1, 0.15) is 5.75 Å². The second-order valence-corrected chi connectivity index (χ2v) is 7.29. The third-order valence-corrected chi connectivity index (χ3v) is 5.57. The normalized spacial score (nSPS) is 19.7. The van der Waals surface area contributed by atoms with Crippen LogP contribution < -0.4 is 4.74 Å². The van der Waals surface area contributed by atoms with Crippen LogP contribution in [0.2, 0.25) is 0 Å². The Balaban J connectivity index is 1.88. The average Bonchev–Trinajstić information content (AvgIpc) is 3.48. The lowest BCUT2D eigenvalue weighted by molar-refractivity contribution is -0.130. The highest BCUT2D eigenvalue weighted by Crippen LogP contribution is 2.48. The van der Waals surface area contributed by atoms with Crippen molar-refractivity contribution in [2.45, 2.75) is 51.0 Å². The van der Waals surface area contributed by atoms with Crippen molar-refractivity contribution in [1.29, 1.82) is 0 Å². The number of rotatable bonds is 7. The van der Waals surface area contributed by atoms with Gasteiger partial charge < -0.3 is 9.64 Å². The Morgan fingerprint density at radius 2 is 1.96 bits per heavy atom. The second kappa shape index (κ2) is 7.94. The largest absolute Gasteiger partial charge is 0.497 e. The molecule has 0 saturated heterocycles. The van der Waals surface area contributed by atoms with E-state index in [0.29, 0.717) is 24.3 Å². The molecule has 3 rings (SSSR count). The summed E-state index contributed by atoms with van der Waals surface area (Å²) in [6.07, 6.45) is 2.56. The van der Waals surface area contributed by atoms with E-state index in [9.17, 15) is 4.79 Å². The highest BCUT2D eigenvalue weighted by molar-refractivity contribution is 5.76. The Morgan fingerprint density at radius 3 is 2.62 bits per heavy atom. The summed E-state index contributed by atoms with van der Waals surface area (Å²) in [6.45, 7) is 4.31. The van der Waals surface area contributed by atoms with Crippen LogP contribution in [0.3, 0.4) is 0 Å². The fourth-order valence-corrected chi connectivity index (χ4v) is 3.84. The number of methoxy groups -OCH3 is 1. The third kappa shape index (κ3) is 3.77. The summed E-state index contributed by atoms with van der Waals surface area (Å²) in [5.41, 5.74) is 3.97. The number of ether oxygens (including phenoxy) is 1. The average molecular weight is 351 g/mol. The molecule has 0 N–H and O–H groups in total. The van der Waals surface area contributed by atoms with Gasteiger partial charge in [-0.15, -0.1) is 0 Å². The van der Waals surface area contributed by atoms with Gasteiger partial charge in [-0.2, -0.15) is 0 Å². The number of carbonyl (C=O) groups excluding carboxylic acids is 1. The van der Waals surface area contributed by atoms with Crippen molar-refractivity contribution in [2.75, 3.05) is 14.2 Å². The van der Waals surface area contributed by atoms with E-state index in [4.69, 9.17) is 4.74 Å². The highest BCUT2D eigenvalue weighted by Gasteiger charge is 2.44. The minimum atomic E-state index is 0.251. The molecule has 1 saturated carbocycles. The van der Waals surface area contributed by atoms with Crippen LogP contribution in [0.4, 0.5) is 0 Å². The summed E-state index contributed by atoms with van der Waals surface area (Å²) >= 11 is 0. The van der Waals surface area contributed by atoms with Gasteiger partial charge in [0, 0.05) is 31.3 Å². The van der Waals surface area contributed by atoms with Crippen molar-refractivity contribution in [2.24, 2.45) is 0 Å². The van der Waals surface area contributed by atoms with Crippen molar-refractivity contribution in [3.63, 3.8) is 0 Å². The number of amides is 1. The number of nitrogens with zero attached hydrogens (tertiary/aromatic N) is 1. The van der Waals surface area contributed by atoms with Crippen molar-refractivity contribution < 1.29 is 9.53 Å². The monoisotopic (exact) mass is 351 g/mol. The number of hydrogen-bond donors (Lipinski definition) is 0. The molecule has 0 aromatic heterocycles. The summed E-state index contributed by atoms with van der Waals surface area (Å²) < 4.78 is 5.47. The molecule has 138 valence electrons. The van der Waals surface area contributed by atoms with Gasteiger partial charge in [-0.05, 0) is 41.7 Å². The number of carbonyl (C=O) groups is 1. The van der Waals surface area contributed by atoms with E-state index in [1.807, 2.05) is 18.0 Å². The van der Waals surface area contributed by atoms with Crippen LogP contribution in [0.1, 0.15) is 61.6 Å². The van der Waals surface area contributed by atoms with Gasteiger partial charge in [-0.25, -0.2) is 0 Å². The van der Waals surface area contributed by atoms with E-state index < -0.39 is 0 Å². The second-order valence-electron chi connectivity index (χ2n) is 7.29. The number of benzene rings is 2. The molecule has 3 heteroatoms. The summed E-state index contributed by atoms with van der Waals surface area (Å²) in [5.74, 6) is 1.85. The molecule has 0 bridgehead atoms. The lowest BCUT2D eigenvalue weighted by Crippen LogP contribution is -2.29. The molecule has 0 spiro atoms. The minimum absolute atomic E-state index is 0.251. The van der Waals surface area contributed by atoms with Crippen LogP contribution in [0.15, 0.2) is 48.5 Å². The zero-order valence-corrected chi connectivity index (χ0v) is 16.2. The van der Waals surface area contributed by atoms with Crippen LogP contribution in [0.5, 0.6) is 5.75 Å². The standard InChI is InChI=1S/C23H29NO2/c1-5-9-23(25)24(3)22-15-21(22)20-14-18(26-4)12-13-19(20)16(2)17-10-7-6-8-11-17/h6-8,10-14,16,21-22H,5,9,15H2,1-4H3. The molecule has 3 nitrogen and oxygen atoms in total. The summed E-state index contributed by atoms with van der Waals surface area (Å²) in [4.78, 5) is 14.2. The van der Waals surface area contributed by atoms with E-state index in [-0.39, 0.29) is 5.91 Å². The Kier molecular flexibility index (Phi) is 5.65. The third-order valence-electron chi connectivity index (χ3n) is 5.57. The molecule has 26 heavy (non-hydrogen) atoms. The molecule has 1 fully saturated rings. The van der Waals surface area contributed by atoms with Crippen LogP contribution in [-0.4, -0.2) is 31.0 Å². The molecule has 2 aromatic rings. The van der Waals surface area contributed by atoms with E-state index in [2.05, 4.69) is 56.3 Å². The summed E-state index contributed by atoms with van der Waals surface area (Å²) in [6, 6.07) is 17.3. The predicted molar refractivity (Wildman–Crippen MR) is 106 cm³/mol. The van der Waals surface area contributed by atoms with Gasteiger partial charge in [0.15, 0.2) is 0 Å². The lowest BCUT2D eigenvalue weighted by Gasteiger charge is -2.21. The minimum Gasteiger partial charge on any atom is -0.497 e. The zero-order chi connectivity index (χ0) is 18.7. The van der Waals surface area contributed by atoms with E-state index in [0.717, 1.165) is 18.6 Å². The van der Waals surface area contributed by atoms with Crippen LogP contribution >= 0.6 is 0 Å². The molecule has 3 atom stereocenters. The molecule has 1 aliphatic carbocycles. The molecule has 3 unspecified atom stereocenters. The van der Waals surface area contributed by atoms with Gasteiger partial charge >= 0.3 is 0 Å². The van der Waals surface area contributed by atoms with Gasteiger partial charge in [-0.1, -0.05) is 50.2 Å². The van der Waals surface area contributed by atoms with Crippen molar-refractivity contribution in [3.05, 3.63) is 65.2 Å². The molecule has 0 aliphatic heterocycles. The first-order chi connectivity index (χ1) is 12.6. The Bertz CT molecular complexity index is 756. The molecular formula is C23H29NO2. The van der Waals surface area contributed by atoms with Crippen molar-refractivity contribution in [3.8, 4) is 5.75 Å². The van der Waals surface area contributed by atoms with Gasteiger partial charge in [0.2, 0.25) is 5.91 Å². The fraction of sp³-hybridized carbons (Fsp3) is 0.435. The van der Waals surface area contributed by atoms with Crippen molar-refractivity contribution in [1.82, 2.24) is 4.90 Å².